The molecule has 2 heterocycles. The molecule has 2 aromatic heterocycles. The average Bonchev–Trinajstić information content (AvgIpc) is 3.03. The van der Waals surface area contributed by atoms with Crippen molar-refractivity contribution in [3.63, 3.8) is 0 Å². The van der Waals surface area contributed by atoms with Gasteiger partial charge >= 0.3 is 5.69 Å². The summed E-state index contributed by atoms with van der Waals surface area (Å²) in [5.74, 6) is 0.378. The molecular weight excluding hydrogens is 380 g/mol. The first-order valence-electron chi connectivity index (χ1n) is 9.04. The Hall–Kier alpha value is -2.87. The van der Waals surface area contributed by atoms with Crippen molar-refractivity contribution < 1.29 is 0 Å². The maximum atomic E-state index is 12.8. The molecule has 0 spiro atoms. The number of hydrogen-bond donors (Lipinski definition) is 1. The van der Waals surface area contributed by atoms with Crippen LogP contribution in [0.5, 0.6) is 0 Å². The second kappa shape index (κ2) is 8.02. The molecule has 0 amide bonds. The van der Waals surface area contributed by atoms with Crippen molar-refractivity contribution in [3.8, 4) is 0 Å². The summed E-state index contributed by atoms with van der Waals surface area (Å²) in [5.41, 5.74) is 4.46. The number of imidazole rings is 1. The Balaban J connectivity index is 2.23. The van der Waals surface area contributed by atoms with E-state index in [9.17, 15) is 9.59 Å². The van der Waals surface area contributed by atoms with Gasteiger partial charge in [0.05, 0.1) is 6.54 Å². The number of rotatable bonds is 6. The van der Waals surface area contributed by atoms with Crippen molar-refractivity contribution in [2.75, 3.05) is 5.43 Å². The van der Waals surface area contributed by atoms with E-state index in [0.29, 0.717) is 28.7 Å². The summed E-state index contributed by atoms with van der Waals surface area (Å²) in [7, 11) is 3.04. The molecule has 0 aliphatic rings. The molecule has 3 rings (SSSR count). The van der Waals surface area contributed by atoms with E-state index in [2.05, 4.69) is 22.4 Å². The first-order valence-corrected chi connectivity index (χ1v) is 9.41. The zero-order valence-electron chi connectivity index (χ0n) is 16.4. The minimum absolute atomic E-state index is 0.297. The molecule has 1 N–H and O–H groups in total. The third-order valence-electron chi connectivity index (χ3n) is 4.59. The summed E-state index contributed by atoms with van der Waals surface area (Å²) < 4.78 is 4.14. The molecule has 8 nitrogen and oxygen atoms in total. The van der Waals surface area contributed by atoms with Gasteiger partial charge in [-0.25, -0.2) is 10.2 Å². The van der Waals surface area contributed by atoms with Crippen molar-refractivity contribution in [2.45, 2.75) is 33.2 Å². The quantitative estimate of drug-likeness (QED) is 0.507. The lowest BCUT2D eigenvalue weighted by atomic mass is 10.2. The monoisotopic (exact) mass is 402 g/mol. The van der Waals surface area contributed by atoms with Crippen LogP contribution in [0.15, 0.2) is 39.0 Å². The third-order valence-corrected chi connectivity index (χ3v) is 4.96. The van der Waals surface area contributed by atoms with Crippen molar-refractivity contribution in [1.82, 2.24) is 18.7 Å². The van der Waals surface area contributed by atoms with Gasteiger partial charge in [0.15, 0.2) is 11.2 Å². The van der Waals surface area contributed by atoms with Gasteiger partial charge in [-0.1, -0.05) is 43.1 Å². The molecule has 0 saturated carbocycles. The standard InChI is InChI=1S/C19H23ClN6O2/c1-5-8-12(2)22-23-18-21-16-15(17(27)25(4)19(28)24(16)3)26(18)11-13-9-6-7-10-14(13)20/h6-7,9-10H,5,8,11H2,1-4H3,(H,21,23). The Morgan fingerprint density at radius 1 is 1.21 bits per heavy atom. The number of nitrogens with one attached hydrogen (secondary N) is 1. The second-order valence-electron chi connectivity index (χ2n) is 6.70. The predicted molar refractivity (Wildman–Crippen MR) is 112 cm³/mol. The molecule has 148 valence electrons. The molecular formula is C19H23ClN6O2. The number of hydrogen-bond acceptors (Lipinski definition) is 5. The van der Waals surface area contributed by atoms with Gasteiger partial charge in [-0.15, -0.1) is 0 Å². The maximum absolute atomic E-state index is 12.8. The number of fused-ring (bicyclic) bond motifs is 1. The van der Waals surface area contributed by atoms with E-state index in [-0.39, 0.29) is 0 Å². The number of hydrazone groups is 1. The Labute approximate surface area is 167 Å². The van der Waals surface area contributed by atoms with Crippen LogP contribution >= 0.6 is 11.6 Å². The van der Waals surface area contributed by atoms with Crippen molar-refractivity contribution in [2.24, 2.45) is 19.2 Å². The SMILES string of the molecule is CCCC(C)=NNc1nc2c(c(=O)n(C)c(=O)n2C)n1Cc1ccccc1Cl. The lowest BCUT2D eigenvalue weighted by Gasteiger charge is -2.11. The van der Waals surface area contributed by atoms with Crippen LogP contribution in [0.3, 0.4) is 0 Å². The highest BCUT2D eigenvalue weighted by molar-refractivity contribution is 6.31. The summed E-state index contributed by atoms with van der Waals surface area (Å²) in [5, 5.41) is 4.95. The zero-order chi connectivity index (χ0) is 20.4. The molecule has 0 fully saturated rings. The minimum atomic E-state index is -0.433. The Kier molecular flexibility index (Phi) is 5.69. The van der Waals surface area contributed by atoms with Gasteiger partial charge in [0, 0.05) is 24.8 Å². The number of nitrogens with zero attached hydrogens (tertiary/aromatic N) is 5. The Morgan fingerprint density at radius 3 is 2.61 bits per heavy atom. The van der Waals surface area contributed by atoms with Gasteiger partial charge in [0.2, 0.25) is 5.95 Å². The number of halogens is 1. The highest BCUT2D eigenvalue weighted by Crippen LogP contribution is 2.22. The largest absolute Gasteiger partial charge is 0.332 e. The van der Waals surface area contributed by atoms with Crippen molar-refractivity contribution in [1.29, 1.82) is 0 Å². The normalized spacial score (nSPS) is 12.0. The van der Waals surface area contributed by atoms with Crippen LogP contribution in [-0.4, -0.2) is 24.4 Å². The summed E-state index contributed by atoms with van der Waals surface area (Å²) in [6.45, 7) is 4.31. The molecule has 0 saturated heterocycles. The Bertz CT molecular complexity index is 1170. The number of aromatic nitrogens is 4. The summed E-state index contributed by atoms with van der Waals surface area (Å²) >= 11 is 6.32. The van der Waals surface area contributed by atoms with E-state index in [1.165, 1.54) is 11.6 Å². The molecule has 3 aromatic rings. The van der Waals surface area contributed by atoms with Gasteiger partial charge < -0.3 is 0 Å². The molecule has 0 aliphatic heterocycles. The van der Waals surface area contributed by atoms with Crippen LogP contribution < -0.4 is 16.7 Å². The molecule has 0 bridgehead atoms. The fourth-order valence-electron chi connectivity index (χ4n) is 3.05. The van der Waals surface area contributed by atoms with Crippen LogP contribution in [0.4, 0.5) is 5.95 Å². The summed E-state index contributed by atoms with van der Waals surface area (Å²) in [6, 6.07) is 7.40. The highest BCUT2D eigenvalue weighted by atomic mass is 35.5. The van der Waals surface area contributed by atoms with Gasteiger partial charge in [-0.05, 0) is 25.0 Å². The molecule has 0 unspecified atom stereocenters. The predicted octanol–water partition coefficient (Wildman–Crippen LogP) is 2.72. The molecule has 28 heavy (non-hydrogen) atoms. The minimum Gasteiger partial charge on any atom is -0.298 e. The van der Waals surface area contributed by atoms with Gasteiger partial charge in [0.1, 0.15) is 0 Å². The van der Waals surface area contributed by atoms with E-state index < -0.39 is 11.2 Å². The lowest BCUT2D eigenvalue weighted by molar-refractivity contribution is 0.702. The average molecular weight is 403 g/mol. The zero-order valence-corrected chi connectivity index (χ0v) is 17.1. The maximum Gasteiger partial charge on any atom is 0.332 e. The van der Waals surface area contributed by atoms with Gasteiger partial charge in [-0.2, -0.15) is 10.1 Å². The van der Waals surface area contributed by atoms with Crippen LogP contribution in [0.1, 0.15) is 32.3 Å². The van der Waals surface area contributed by atoms with Gasteiger partial charge in [-0.3, -0.25) is 18.5 Å². The smallest absolute Gasteiger partial charge is 0.298 e. The first-order chi connectivity index (χ1) is 13.3. The van der Waals surface area contributed by atoms with E-state index in [1.54, 1.807) is 17.7 Å². The van der Waals surface area contributed by atoms with E-state index in [1.807, 2.05) is 25.1 Å². The number of anilines is 1. The van der Waals surface area contributed by atoms with Crippen LogP contribution in [0.2, 0.25) is 5.02 Å². The van der Waals surface area contributed by atoms with Gasteiger partial charge in [0.25, 0.3) is 5.56 Å². The lowest BCUT2D eigenvalue weighted by Crippen LogP contribution is -2.37. The molecule has 1 aromatic carbocycles. The number of aryl methyl sites for hydroxylation is 1. The number of benzene rings is 1. The Morgan fingerprint density at radius 2 is 1.93 bits per heavy atom. The topological polar surface area (TPSA) is 86.2 Å². The van der Waals surface area contributed by atoms with Crippen LogP contribution in [0, 0.1) is 0 Å². The van der Waals surface area contributed by atoms with Crippen molar-refractivity contribution >= 4 is 34.4 Å². The molecule has 0 aliphatic carbocycles. The molecule has 0 atom stereocenters. The fourth-order valence-corrected chi connectivity index (χ4v) is 3.24. The van der Waals surface area contributed by atoms with Crippen molar-refractivity contribution in [3.05, 3.63) is 55.7 Å². The fraction of sp³-hybridized carbons (Fsp3) is 0.368. The molecule has 9 heteroatoms. The van der Waals surface area contributed by atoms with E-state index >= 15 is 0 Å². The van der Waals surface area contributed by atoms with E-state index in [4.69, 9.17) is 11.6 Å². The second-order valence-corrected chi connectivity index (χ2v) is 7.11. The van der Waals surface area contributed by atoms with Crippen LogP contribution in [-0.2, 0) is 20.6 Å². The van der Waals surface area contributed by atoms with E-state index in [0.717, 1.165) is 28.7 Å². The summed E-state index contributed by atoms with van der Waals surface area (Å²) in [4.78, 5) is 29.6. The molecule has 0 radical (unpaired) electrons. The first kappa shape index (κ1) is 19.9. The van der Waals surface area contributed by atoms with Crippen LogP contribution in [0.25, 0.3) is 11.2 Å². The highest BCUT2D eigenvalue weighted by Gasteiger charge is 2.19. The summed E-state index contributed by atoms with van der Waals surface area (Å²) in [6.07, 6.45) is 1.82. The third kappa shape index (κ3) is 3.60.